The molecule has 0 aliphatic heterocycles. The Labute approximate surface area is 123 Å². The van der Waals surface area contributed by atoms with Gasteiger partial charge in [-0.15, -0.1) is 0 Å². The van der Waals surface area contributed by atoms with E-state index in [1.165, 1.54) is 0 Å². The number of anilines is 1. The summed E-state index contributed by atoms with van der Waals surface area (Å²) in [5.41, 5.74) is 9.06. The molecule has 0 aliphatic rings. The average molecular weight is 284 g/mol. The Hall–Kier alpha value is -2.20. The predicted octanol–water partition coefficient (Wildman–Crippen LogP) is 2.81. The first kappa shape index (κ1) is 14.2. The van der Waals surface area contributed by atoms with Crippen molar-refractivity contribution in [2.24, 2.45) is 5.73 Å². The topological polar surface area (TPSA) is 55.1 Å². The van der Waals surface area contributed by atoms with Gasteiger partial charge in [0.05, 0.1) is 6.42 Å². The number of carbonyl (C=O) groups excluding carboxylic acids is 1. The molecule has 0 saturated heterocycles. The van der Waals surface area contributed by atoms with Gasteiger partial charge in [0, 0.05) is 11.3 Å². The number of nitrogens with one attached hydrogen (secondary N) is 1. The molecule has 0 heterocycles. The van der Waals surface area contributed by atoms with E-state index in [1.807, 2.05) is 49.4 Å². The van der Waals surface area contributed by atoms with Crippen molar-refractivity contribution >= 4 is 28.8 Å². The highest BCUT2D eigenvalue weighted by Crippen LogP contribution is 2.17. The van der Waals surface area contributed by atoms with E-state index in [1.54, 1.807) is 6.07 Å². The average Bonchev–Trinajstić information content (AvgIpc) is 2.42. The van der Waals surface area contributed by atoms with Crippen LogP contribution >= 0.6 is 12.2 Å². The van der Waals surface area contributed by atoms with E-state index in [9.17, 15) is 4.79 Å². The zero-order valence-corrected chi connectivity index (χ0v) is 12.0. The quantitative estimate of drug-likeness (QED) is 0.849. The van der Waals surface area contributed by atoms with Crippen molar-refractivity contribution in [3.63, 3.8) is 0 Å². The number of nitrogens with two attached hydrogens (primary N) is 1. The SMILES string of the molecule is Cc1ccc(C(N)=S)cc1NC(=O)Cc1ccccc1. The summed E-state index contributed by atoms with van der Waals surface area (Å²) in [6, 6.07) is 15.2. The van der Waals surface area contributed by atoms with Gasteiger partial charge in [0.25, 0.3) is 0 Å². The van der Waals surface area contributed by atoms with Crippen LogP contribution in [0.2, 0.25) is 0 Å². The minimum atomic E-state index is -0.0561. The van der Waals surface area contributed by atoms with Crippen molar-refractivity contribution in [2.75, 3.05) is 5.32 Å². The highest BCUT2D eigenvalue weighted by Gasteiger charge is 2.07. The van der Waals surface area contributed by atoms with Crippen LogP contribution in [0, 0.1) is 6.92 Å². The van der Waals surface area contributed by atoms with Crippen molar-refractivity contribution < 1.29 is 4.79 Å². The third-order valence-electron chi connectivity index (χ3n) is 3.00. The normalized spacial score (nSPS) is 10.1. The van der Waals surface area contributed by atoms with Gasteiger partial charge in [-0.3, -0.25) is 4.79 Å². The molecule has 3 nitrogen and oxygen atoms in total. The van der Waals surface area contributed by atoms with Crippen molar-refractivity contribution in [3.8, 4) is 0 Å². The molecule has 2 rings (SSSR count). The molecule has 0 fully saturated rings. The highest BCUT2D eigenvalue weighted by atomic mass is 32.1. The third-order valence-corrected chi connectivity index (χ3v) is 3.24. The van der Waals surface area contributed by atoms with E-state index < -0.39 is 0 Å². The molecule has 0 aliphatic carbocycles. The molecule has 102 valence electrons. The first-order chi connectivity index (χ1) is 9.56. The van der Waals surface area contributed by atoms with Crippen molar-refractivity contribution in [1.82, 2.24) is 0 Å². The van der Waals surface area contributed by atoms with Crippen LogP contribution in [0.5, 0.6) is 0 Å². The summed E-state index contributed by atoms with van der Waals surface area (Å²) >= 11 is 4.95. The fraction of sp³-hybridized carbons (Fsp3) is 0.125. The summed E-state index contributed by atoms with van der Waals surface area (Å²) in [4.78, 5) is 12.4. The van der Waals surface area contributed by atoms with Gasteiger partial charge < -0.3 is 11.1 Å². The summed E-state index contributed by atoms with van der Waals surface area (Å²) in [6.45, 7) is 1.93. The lowest BCUT2D eigenvalue weighted by Gasteiger charge is -2.10. The minimum absolute atomic E-state index is 0.0561. The van der Waals surface area contributed by atoms with Crippen molar-refractivity contribution in [3.05, 3.63) is 65.2 Å². The first-order valence-corrected chi connectivity index (χ1v) is 6.71. The van der Waals surface area contributed by atoms with E-state index >= 15 is 0 Å². The van der Waals surface area contributed by atoms with Gasteiger partial charge in [-0.05, 0) is 24.1 Å². The molecule has 2 aromatic rings. The second-order valence-electron chi connectivity index (χ2n) is 4.60. The first-order valence-electron chi connectivity index (χ1n) is 6.30. The number of hydrogen-bond donors (Lipinski definition) is 2. The van der Waals surface area contributed by atoms with Crippen LogP contribution in [0.25, 0.3) is 0 Å². The van der Waals surface area contributed by atoms with Gasteiger partial charge in [0.15, 0.2) is 0 Å². The van der Waals surface area contributed by atoms with Crippen LogP contribution in [0.3, 0.4) is 0 Å². The maximum Gasteiger partial charge on any atom is 0.228 e. The number of rotatable bonds is 4. The molecule has 3 N–H and O–H groups in total. The highest BCUT2D eigenvalue weighted by molar-refractivity contribution is 7.80. The third kappa shape index (κ3) is 3.65. The minimum Gasteiger partial charge on any atom is -0.389 e. The molecular formula is C16H16N2OS. The van der Waals surface area contributed by atoms with E-state index in [0.29, 0.717) is 11.4 Å². The number of hydrogen-bond acceptors (Lipinski definition) is 2. The molecule has 0 aromatic heterocycles. The Kier molecular flexibility index (Phi) is 4.48. The Morgan fingerprint density at radius 3 is 2.55 bits per heavy atom. The summed E-state index contributed by atoms with van der Waals surface area (Å²) < 4.78 is 0. The Morgan fingerprint density at radius 2 is 1.90 bits per heavy atom. The molecular weight excluding hydrogens is 268 g/mol. The number of aryl methyl sites for hydroxylation is 1. The van der Waals surface area contributed by atoms with Crippen LogP contribution in [-0.2, 0) is 11.2 Å². The fourth-order valence-electron chi connectivity index (χ4n) is 1.89. The van der Waals surface area contributed by atoms with E-state index in [0.717, 1.165) is 22.4 Å². The molecule has 0 unspecified atom stereocenters. The van der Waals surface area contributed by atoms with Gasteiger partial charge in [-0.25, -0.2) is 0 Å². The zero-order valence-electron chi connectivity index (χ0n) is 11.2. The zero-order chi connectivity index (χ0) is 14.5. The lowest BCUT2D eigenvalue weighted by Crippen LogP contribution is -2.16. The predicted molar refractivity (Wildman–Crippen MR) is 85.8 cm³/mol. The molecule has 20 heavy (non-hydrogen) atoms. The van der Waals surface area contributed by atoms with E-state index in [4.69, 9.17) is 18.0 Å². The van der Waals surface area contributed by atoms with Crippen LogP contribution in [0.15, 0.2) is 48.5 Å². The molecule has 4 heteroatoms. The summed E-state index contributed by atoms with van der Waals surface area (Å²) in [5, 5.41) is 2.90. The fourth-order valence-corrected chi connectivity index (χ4v) is 2.01. The Morgan fingerprint density at radius 1 is 1.20 bits per heavy atom. The molecule has 1 amide bonds. The maximum absolute atomic E-state index is 12.0. The van der Waals surface area contributed by atoms with Gasteiger partial charge in [0.2, 0.25) is 5.91 Å². The second kappa shape index (κ2) is 6.30. The number of benzene rings is 2. The summed E-state index contributed by atoms with van der Waals surface area (Å²) in [6.07, 6.45) is 0.345. The summed E-state index contributed by atoms with van der Waals surface area (Å²) in [7, 11) is 0. The van der Waals surface area contributed by atoms with Gasteiger partial charge >= 0.3 is 0 Å². The molecule has 0 spiro atoms. The lowest BCUT2D eigenvalue weighted by molar-refractivity contribution is -0.115. The largest absolute Gasteiger partial charge is 0.389 e. The number of amides is 1. The van der Waals surface area contributed by atoms with Crippen molar-refractivity contribution in [2.45, 2.75) is 13.3 Å². The number of thiocarbonyl (C=S) groups is 1. The smallest absolute Gasteiger partial charge is 0.228 e. The van der Waals surface area contributed by atoms with Gasteiger partial charge in [-0.1, -0.05) is 54.7 Å². The van der Waals surface area contributed by atoms with Crippen LogP contribution in [0.1, 0.15) is 16.7 Å². The van der Waals surface area contributed by atoms with Crippen LogP contribution < -0.4 is 11.1 Å². The van der Waals surface area contributed by atoms with Crippen molar-refractivity contribution in [1.29, 1.82) is 0 Å². The summed E-state index contributed by atoms with van der Waals surface area (Å²) in [5.74, 6) is -0.0561. The second-order valence-corrected chi connectivity index (χ2v) is 5.04. The van der Waals surface area contributed by atoms with E-state index in [2.05, 4.69) is 5.32 Å². The molecule has 0 radical (unpaired) electrons. The van der Waals surface area contributed by atoms with Crippen LogP contribution in [-0.4, -0.2) is 10.9 Å². The lowest BCUT2D eigenvalue weighted by atomic mass is 10.1. The standard InChI is InChI=1S/C16H16N2OS/c1-11-7-8-13(16(17)20)10-14(11)18-15(19)9-12-5-3-2-4-6-12/h2-8,10H,9H2,1H3,(H2,17,20)(H,18,19). The Balaban J connectivity index is 2.11. The molecule has 0 saturated carbocycles. The van der Waals surface area contributed by atoms with Gasteiger partial charge in [0.1, 0.15) is 4.99 Å². The van der Waals surface area contributed by atoms with E-state index in [-0.39, 0.29) is 5.91 Å². The molecule has 2 aromatic carbocycles. The maximum atomic E-state index is 12.0. The molecule has 0 bridgehead atoms. The molecule has 0 atom stereocenters. The Bertz CT molecular complexity index is 638. The van der Waals surface area contributed by atoms with Crippen LogP contribution in [0.4, 0.5) is 5.69 Å². The van der Waals surface area contributed by atoms with Gasteiger partial charge in [-0.2, -0.15) is 0 Å². The monoisotopic (exact) mass is 284 g/mol. The number of carbonyl (C=O) groups is 1.